The summed E-state index contributed by atoms with van der Waals surface area (Å²) in [6.07, 6.45) is 0.519. The van der Waals surface area contributed by atoms with E-state index in [1.807, 2.05) is 54.6 Å². The van der Waals surface area contributed by atoms with Gasteiger partial charge >= 0.3 is 6.09 Å². The van der Waals surface area contributed by atoms with Crippen LogP contribution in [0.25, 0.3) is 27.9 Å². The highest BCUT2D eigenvalue weighted by Crippen LogP contribution is 2.29. The van der Waals surface area contributed by atoms with Crippen molar-refractivity contribution in [2.75, 3.05) is 31.1 Å². The smallest absolute Gasteiger partial charge is 0.410 e. The molecule has 186 valence electrons. The van der Waals surface area contributed by atoms with Gasteiger partial charge in [-0.05, 0) is 31.0 Å². The summed E-state index contributed by atoms with van der Waals surface area (Å²) >= 11 is 0. The second kappa shape index (κ2) is 9.89. The van der Waals surface area contributed by atoms with Gasteiger partial charge in [-0.15, -0.1) is 10.2 Å². The topological polar surface area (TPSA) is 75.9 Å². The van der Waals surface area contributed by atoms with Gasteiger partial charge in [-0.2, -0.15) is 0 Å². The molecule has 1 fully saturated rings. The zero-order chi connectivity index (χ0) is 25.2. The van der Waals surface area contributed by atoms with Crippen molar-refractivity contribution >= 4 is 28.6 Å². The van der Waals surface area contributed by atoms with Gasteiger partial charge in [0.05, 0.1) is 5.52 Å². The lowest BCUT2D eigenvalue weighted by Gasteiger charge is -2.24. The van der Waals surface area contributed by atoms with Crippen molar-refractivity contribution in [1.82, 2.24) is 24.5 Å². The van der Waals surface area contributed by atoms with Crippen LogP contribution in [0.5, 0.6) is 0 Å². The maximum absolute atomic E-state index is 12.8. The van der Waals surface area contributed by atoms with E-state index in [0.29, 0.717) is 19.6 Å². The molecule has 2 aromatic heterocycles. The van der Waals surface area contributed by atoms with E-state index in [4.69, 9.17) is 9.72 Å². The number of ether oxygens (including phenoxy) is 1. The molecule has 8 nitrogen and oxygen atoms in total. The predicted molar refractivity (Wildman–Crippen MR) is 143 cm³/mol. The Bertz CT molecular complexity index is 1550. The minimum absolute atomic E-state index is 0.271. The molecule has 37 heavy (non-hydrogen) atoms. The quantitative estimate of drug-likeness (QED) is 0.347. The molecule has 3 aromatic carbocycles. The number of hydrogen-bond donors (Lipinski definition) is 0. The first-order valence-electron chi connectivity index (χ1n) is 12.6. The van der Waals surface area contributed by atoms with Crippen molar-refractivity contribution in [2.24, 2.45) is 0 Å². The van der Waals surface area contributed by atoms with Crippen LogP contribution in [0.3, 0.4) is 0 Å². The largest absolute Gasteiger partial charge is 0.445 e. The first kappa shape index (κ1) is 23.0. The number of aryl methyl sites for hydroxylation is 1. The molecule has 5 aromatic rings. The molecule has 3 heterocycles. The van der Waals surface area contributed by atoms with Gasteiger partial charge in [-0.25, -0.2) is 14.2 Å². The Morgan fingerprint density at radius 3 is 2.49 bits per heavy atom. The fraction of sp³-hybridized carbons (Fsp3) is 0.241. The maximum Gasteiger partial charge on any atom is 0.410 e. The molecule has 6 rings (SSSR count). The summed E-state index contributed by atoms with van der Waals surface area (Å²) in [4.78, 5) is 21.9. The Labute approximate surface area is 215 Å². The van der Waals surface area contributed by atoms with Crippen molar-refractivity contribution in [3.05, 3.63) is 90.0 Å². The number of benzene rings is 3. The first-order valence-corrected chi connectivity index (χ1v) is 12.6. The SMILES string of the molecule is Cc1ccc(-c2nnc3c4ccccc4nc(N4CCCN(C(=O)OCc5ccccc5)CC4)n23)cc1. The molecular formula is C29H28N6O2. The summed E-state index contributed by atoms with van der Waals surface area (Å²) in [5.41, 5.74) is 4.80. The third-order valence-corrected chi connectivity index (χ3v) is 6.78. The molecule has 0 aliphatic carbocycles. The highest BCUT2D eigenvalue weighted by atomic mass is 16.6. The van der Waals surface area contributed by atoms with Crippen LogP contribution in [-0.4, -0.2) is 56.8 Å². The second-order valence-electron chi connectivity index (χ2n) is 9.35. The van der Waals surface area contributed by atoms with E-state index in [9.17, 15) is 4.79 Å². The molecule has 0 N–H and O–H groups in total. The van der Waals surface area contributed by atoms with E-state index in [-0.39, 0.29) is 12.7 Å². The number of hydrogen-bond acceptors (Lipinski definition) is 6. The van der Waals surface area contributed by atoms with Crippen LogP contribution in [0.4, 0.5) is 10.7 Å². The number of rotatable bonds is 4. The average molecular weight is 493 g/mol. The number of para-hydroxylation sites is 1. The Morgan fingerprint density at radius 2 is 1.65 bits per heavy atom. The summed E-state index contributed by atoms with van der Waals surface area (Å²) in [5, 5.41) is 10.1. The number of carbonyl (C=O) groups is 1. The van der Waals surface area contributed by atoms with E-state index in [1.165, 1.54) is 5.56 Å². The van der Waals surface area contributed by atoms with Crippen LogP contribution in [0.1, 0.15) is 17.5 Å². The number of nitrogens with zero attached hydrogens (tertiary/aromatic N) is 6. The zero-order valence-corrected chi connectivity index (χ0v) is 20.7. The summed E-state index contributed by atoms with van der Waals surface area (Å²) in [6, 6.07) is 26.1. The Balaban J connectivity index is 1.31. The number of carbonyl (C=O) groups excluding carboxylic acids is 1. The first-order chi connectivity index (χ1) is 18.2. The number of aromatic nitrogens is 4. The third kappa shape index (κ3) is 4.58. The van der Waals surface area contributed by atoms with Crippen molar-refractivity contribution < 1.29 is 9.53 Å². The van der Waals surface area contributed by atoms with Crippen LogP contribution in [0.2, 0.25) is 0 Å². The van der Waals surface area contributed by atoms with Crippen LogP contribution in [-0.2, 0) is 11.3 Å². The van der Waals surface area contributed by atoms with Crippen molar-refractivity contribution in [1.29, 1.82) is 0 Å². The number of anilines is 1. The van der Waals surface area contributed by atoms with E-state index < -0.39 is 0 Å². The number of amides is 1. The molecule has 1 amide bonds. The molecule has 0 unspecified atom stereocenters. The minimum atomic E-state index is -0.285. The van der Waals surface area contributed by atoms with Crippen molar-refractivity contribution in [3.8, 4) is 11.4 Å². The summed E-state index contributed by atoms with van der Waals surface area (Å²) in [6.45, 7) is 4.91. The van der Waals surface area contributed by atoms with E-state index >= 15 is 0 Å². The normalized spacial score (nSPS) is 14.2. The van der Waals surface area contributed by atoms with Crippen LogP contribution >= 0.6 is 0 Å². The fourth-order valence-corrected chi connectivity index (χ4v) is 4.78. The molecule has 0 bridgehead atoms. The maximum atomic E-state index is 12.8. The summed E-state index contributed by atoms with van der Waals surface area (Å²) in [7, 11) is 0. The number of fused-ring (bicyclic) bond motifs is 3. The van der Waals surface area contributed by atoms with Crippen LogP contribution < -0.4 is 4.90 Å². The summed E-state index contributed by atoms with van der Waals surface area (Å²) in [5.74, 6) is 1.54. The molecular weight excluding hydrogens is 464 g/mol. The Morgan fingerprint density at radius 1 is 0.865 bits per heavy atom. The molecule has 0 atom stereocenters. The van der Waals surface area contributed by atoms with Gasteiger partial charge in [0.25, 0.3) is 0 Å². The Kier molecular flexibility index (Phi) is 6.14. The van der Waals surface area contributed by atoms with Crippen LogP contribution in [0, 0.1) is 6.92 Å². The van der Waals surface area contributed by atoms with Gasteiger partial charge in [0.15, 0.2) is 11.5 Å². The van der Waals surface area contributed by atoms with E-state index in [2.05, 4.69) is 50.7 Å². The summed E-state index contributed by atoms with van der Waals surface area (Å²) < 4.78 is 7.65. The Hall–Kier alpha value is -4.46. The van der Waals surface area contributed by atoms with E-state index in [0.717, 1.165) is 52.4 Å². The standard InChI is InChI=1S/C29H28N6O2/c1-21-12-14-23(15-13-21)26-31-32-27-24-10-5-6-11-25(24)30-28(35(26)27)33-16-7-17-34(19-18-33)29(36)37-20-22-8-3-2-4-9-22/h2-6,8-15H,7,16-20H2,1H3. The van der Waals surface area contributed by atoms with Gasteiger partial charge in [-0.3, -0.25) is 0 Å². The van der Waals surface area contributed by atoms with Gasteiger partial charge in [-0.1, -0.05) is 72.3 Å². The van der Waals surface area contributed by atoms with Crippen molar-refractivity contribution in [2.45, 2.75) is 20.0 Å². The van der Waals surface area contributed by atoms with Gasteiger partial charge in [0, 0.05) is 37.1 Å². The van der Waals surface area contributed by atoms with E-state index in [1.54, 1.807) is 4.90 Å². The molecule has 1 saturated heterocycles. The molecule has 0 saturated carbocycles. The molecule has 1 aliphatic rings. The fourth-order valence-electron chi connectivity index (χ4n) is 4.78. The average Bonchev–Trinajstić information content (AvgIpc) is 3.23. The van der Waals surface area contributed by atoms with Gasteiger partial charge < -0.3 is 14.5 Å². The highest BCUT2D eigenvalue weighted by molar-refractivity contribution is 5.93. The van der Waals surface area contributed by atoms with Crippen LogP contribution in [0.15, 0.2) is 78.9 Å². The third-order valence-electron chi connectivity index (χ3n) is 6.78. The van der Waals surface area contributed by atoms with Gasteiger partial charge in [0.2, 0.25) is 5.95 Å². The molecule has 1 aliphatic heterocycles. The lowest BCUT2D eigenvalue weighted by Crippen LogP contribution is -2.36. The molecule has 0 radical (unpaired) electrons. The molecule has 0 spiro atoms. The lowest BCUT2D eigenvalue weighted by molar-refractivity contribution is 0.0986. The highest BCUT2D eigenvalue weighted by Gasteiger charge is 2.25. The zero-order valence-electron chi connectivity index (χ0n) is 20.7. The lowest BCUT2D eigenvalue weighted by atomic mass is 10.1. The molecule has 8 heteroatoms. The van der Waals surface area contributed by atoms with Crippen molar-refractivity contribution in [3.63, 3.8) is 0 Å². The van der Waals surface area contributed by atoms with Gasteiger partial charge in [0.1, 0.15) is 6.61 Å². The monoisotopic (exact) mass is 492 g/mol. The minimum Gasteiger partial charge on any atom is -0.445 e. The second-order valence-corrected chi connectivity index (χ2v) is 9.35. The predicted octanol–water partition coefficient (Wildman–Crippen LogP) is 5.10.